The normalized spacial score (nSPS) is 29.5. The lowest BCUT2D eigenvalue weighted by Gasteiger charge is -2.50. The number of nitrogens with zero attached hydrogens (tertiary/aromatic N) is 1. The summed E-state index contributed by atoms with van der Waals surface area (Å²) in [4.78, 5) is 4.36. The fourth-order valence-corrected chi connectivity index (χ4v) is 8.61. The van der Waals surface area contributed by atoms with Crippen LogP contribution >= 0.6 is 0 Å². The summed E-state index contributed by atoms with van der Waals surface area (Å²) in [6.07, 6.45) is 20.8. The maximum atomic E-state index is 11.5. The molecular formula is C35H52N2O2. The topological polar surface area (TPSA) is 65.4 Å². The fraction of sp³-hybridized carbons (Fsp3) is 0.686. The average Bonchev–Trinajstić information content (AvgIpc) is 3.21. The number of rotatable bonds is 14. The number of phenols is 1. The Labute approximate surface area is 237 Å². The van der Waals surface area contributed by atoms with Crippen molar-refractivity contribution in [3.63, 3.8) is 0 Å². The lowest BCUT2D eigenvalue weighted by atomic mass is 9.55. The molecule has 0 saturated heterocycles. The molecule has 0 bridgehead atoms. The Morgan fingerprint density at radius 2 is 1.72 bits per heavy atom. The fourth-order valence-electron chi connectivity index (χ4n) is 8.61. The van der Waals surface area contributed by atoms with Crippen molar-refractivity contribution in [1.29, 1.82) is 0 Å². The maximum Gasteiger partial charge on any atom is 0.115 e. The smallest absolute Gasteiger partial charge is 0.115 e. The molecule has 1 aromatic carbocycles. The van der Waals surface area contributed by atoms with Crippen molar-refractivity contribution in [3.05, 3.63) is 59.4 Å². The van der Waals surface area contributed by atoms with Crippen molar-refractivity contribution in [1.82, 2.24) is 10.3 Å². The van der Waals surface area contributed by atoms with E-state index in [4.69, 9.17) is 0 Å². The minimum absolute atomic E-state index is 0.105. The first kappa shape index (κ1) is 28.6. The van der Waals surface area contributed by atoms with Crippen LogP contribution in [0.15, 0.2) is 42.6 Å². The summed E-state index contributed by atoms with van der Waals surface area (Å²) in [5.41, 5.74) is 4.08. The van der Waals surface area contributed by atoms with Gasteiger partial charge in [0.1, 0.15) is 5.75 Å². The molecule has 39 heavy (non-hydrogen) atoms. The molecule has 3 N–H and O–H groups in total. The predicted octanol–water partition coefficient (Wildman–Crippen LogP) is 7.92. The number of benzene rings is 1. The van der Waals surface area contributed by atoms with Crippen molar-refractivity contribution in [2.75, 3.05) is 6.54 Å². The largest absolute Gasteiger partial charge is 0.508 e. The predicted molar refractivity (Wildman–Crippen MR) is 160 cm³/mol. The number of hydrogen-bond acceptors (Lipinski definition) is 4. The third kappa shape index (κ3) is 6.88. The van der Waals surface area contributed by atoms with Gasteiger partial charge in [-0.2, -0.15) is 0 Å². The second-order valence-electron chi connectivity index (χ2n) is 13.3. The number of phenolic OH excluding ortho intramolecular Hbond substituents is 1. The molecule has 0 amide bonds. The number of aryl methyl sites for hydroxylation is 1. The number of aliphatic hydroxyl groups excluding tert-OH is 1. The van der Waals surface area contributed by atoms with Crippen molar-refractivity contribution in [2.45, 2.75) is 122 Å². The summed E-state index contributed by atoms with van der Waals surface area (Å²) >= 11 is 0. The van der Waals surface area contributed by atoms with Crippen LogP contribution in [0.25, 0.3) is 0 Å². The molecule has 6 atom stereocenters. The van der Waals surface area contributed by atoms with E-state index in [2.05, 4.69) is 29.4 Å². The van der Waals surface area contributed by atoms with Gasteiger partial charge in [-0.15, -0.1) is 0 Å². The van der Waals surface area contributed by atoms with Crippen LogP contribution in [-0.2, 0) is 13.0 Å². The molecule has 4 nitrogen and oxygen atoms in total. The highest BCUT2D eigenvalue weighted by molar-refractivity contribution is 5.40. The quantitative estimate of drug-likeness (QED) is 0.216. The Balaban J connectivity index is 0.936. The maximum absolute atomic E-state index is 11.5. The van der Waals surface area contributed by atoms with Crippen LogP contribution in [0.3, 0.4) is 0 Å². The molecule has 3 aliphatic carbocycles. The van der Waals surface area contributed by atoms with Crippen LogP contribution in [0, 0.1) is 23.2 Å². The van der Waals surface area contributed by atoms with Gasteiger partial charge in [0, 0.05) is 12.7 Å². The Morgan fingerprint density at radius 3 is 2.49 bits per heavy atom. The minimum Gasteiger partial charge on any atom is -0.508 e. The molecular weight excluding hydrogens is 480 g/mol. The first-order chi connectivity index (χ1) is 19.1. The molecule has 0 aliphatic heterocycles. The van der Waals surface area contributed by atoms with Crippen molar-refractivity contribution >= 4 is 0 Å². The molecule has 3 unspecified atom stereocenters. The van der Waals surface area contributed by atoms with E-state index < -0.39 is 0 Å². The van der Waals surface area contributed by atoms with E-state index in [0.29, 0.717) is 29.4 Å². The van der Waals surface area contributed by atoms with Crippen LogP contribution in [-0.4, -0.2) is 27.8 Å². The highest BCUT2D eigenvalue weighted by Crippen LogP contribution is 2.62. The van der Waals surface area contributed by atoms with Crippen LogP contribution in [0.4, 0.5) is 0 Å². The molecule has 3 aliphatic rings. The lowest BCUT2D eigenvalue weighted by molar-refractivity contribution is -0.0335. The molecule has 2 fully saturated rings. The highest BCUT2D eigenvalue weighted by atomic mass is 16.3. The molecule has 2 saturated carbocycles. The molecule has 1 heterocycles. The van der Waals surface area contributed by atoms with E-state index in [1.165, 1.54) is 94.6 Å². The number of aromatic nitrogens is 1. The summed E-state index contributed by atoms with van der Waals surface area (Å²) in [7, 11) is 0. The van der Waals surface area contributed by atoms with Crippen LogP contribution in [0.1, 0.15) is 120 Å². The number of aromatic hydroxyl groups is 1. The standard InChI is InChI=1S/C35H52N2O2/c1-35-20-19-31-30-18-16-29(38)23-26(30)15-17-32(31)33(35)24-27(34(35)39)13-9-7-5-3-2-4-6-8-11-21-36-25-28-14-10-12-22-37-28/h10,12,14,16,18,22-23,27,31-34,36,38-39H,2-9,11,13,15,17,19-21,24-25H2,1H3/t27-,31?,32?,33?,34-,35-/m0/s1. The van der Waals surface area contributed by atoms with E-state index in [1.807, 2.05) is 30.5 Å². The van der Waals surface area contributed by atoms with Gasteiger partial charge in [0.05, 0.1) is 11.8 Å². The van der Waals surface area contributed by atoms with Crippen molar-refractivity contribution in [2.24, 2.45) is 23.2 Å². The molecule has 4 heteroatoms. The monoisotopic (exact) mass is 532 g/mol. The van der Waals surface area contributed by atoms with Crippen LogP contribution in [0.5, 0.6) is 5.75 Å². The van der Waals surface area contributed by atoms with Gasteiger partial charge in [-0.05, 0) is 116 Å². The van der Waals surface area contributed by atoms with Crippen molar-refractivity contribution in [3.8, 4) is 5.75 Å². The van der Waals surface area contributed by atoms with E-state index in [9.17, 15) is 10.2 Å². The third-order valence-electron chi connectivity index (χ3n) is 10.8. The number of nitrogens with one attached hydrogen (secondary N) is 1. The Bertz CT molecular complexity index is 1030. The number of fused-ring (bicyclic) bond motifs is 5. The zero-order valence-electron chi connectivity index (χ0n) is 24.3. The molecule has 0 radical (unpaired) electrons. The Morgan fingerprint density at radius 1 is 0.949 bits per heavy atom. The van der Waals surface area contributed by atoms with Gasteiger partial charge >= 0.3 is 0 Å². The van der Waals surface area contributed by atoms with E-state index >= 15 is 0 Å². The van der Waals surface area contributed by atoms with Gasteiger partial charge in [-0.1, -0.05) is 70.4 Å². The SMILES string of the molecule is C[C@]12CCC3c4ccc(O)cc4CCC3C1C[C@H](CCCCCCCCCCCNCc1ccccn1)[C@@H]2O. The Hall–Kier alpha value is -1.91. The van der Waals surface area contributed by atoms with Gasteiger partial charge in [0.2, 0.25) is 0 Å². The molecule has 214 valence electrons. The van der Waals surface area contributed by atoms with Gasteiger partial charge in [0.15, 0.2) is 0 Å². The zero-order valence-corrected chi connectivity index (χ0v) is 24.3. The molecule has 1 aromatic heterocycles. The summed E-state index contributed by atoms with van der Waals surface area (Å²) in [5.74, 6) is 2.89. The Kier molecular flexibility index (Phi) is 10.0. The molecule has 5 rings (SSSR count). The minimum atomic E-state index is -0.122. The number of aliphatic hydroxyl groups is 1. The third-order valence-corrected chi connectivity index (χ3v) is 10.8. The second kappa shape index (κ2) is 13.6. The first-order valence-corrected chi connectivity index (χ1v) is 16.2. The number of unbranched alkanes of at least 4 members (excludes halogenated alkanes) is 8. The lowest BCUT2D eigenvalue weighted by Crippen LogP contribution is -2.44. The van der Waals surface area contributed by atoms with Crippen LogP contribution in [0.2, 0.25) is 0 Å². The first-order valence-electron chi connectivity index (χ1n) is 16.2. The van der Waals surface area contributed by atoms with Gasteiger partial charge < -0.3 is 15.5 Å². The van der Waals surface area contributed by atoms with Crippen molar-refractivity contribution < 1.29 is 10.2 Å². The summed E-state index contributed by atoms with van der Waals surface area (Å²) in [6, 6.07) is 12.2. The van der Waals surface area contributed by atoms with E-state index in [-0.39, 0.29) is 11.5 Å². The zero-order chi connectivity index (χ0) is 27.1. The van der Waals surface area contributed by atoms with E-state index in [0.717, 1.165) is 31.6 Å². The van der Waals surface area contributed by atoms with Crippen LogP contribution < -0.4 is 5.32 Å². The van der Waals surface area contributed by atoms with Gasteiger partial charge in [-0.3, -0.25) is 4.98 Å². The molecule has 2 aromatic rings. The van der Waals surface area contributed by atoms with Gasteiger partial charge in [-0.25, -0.2) is 0 Å². The molecule has 0 spiro atoms. The summed E-state index contributed by atoms with van der Waals surface area (Å²) in [6.45, 7) is 4.37. The second-order valence-corrected chi connectivity index (χ2v) is 13.3. The average molecular weight is 533 g/mol. The summed E-state index contributed by atoms with van der Waals surface area (Å²) in [5, 5.41) is 24.9. The van der Waals surface area contributed by atoms with E-state index in [1.54, 1.807) is 0 Å². The van der Waals surface area contributed by atoms with Gasteiger partial charge in [0.25, 0.3) is 0 Å². The summed E-state index contributed by atoms with van der Waals surface area (Å²) < 4.78 is 0. The highest BCUT2D eigenvalue weighted by Gasteiger charge is 2.57. The number of pyridine rings is 1. The number of hydrogen-bond donors (Lipinski definition) is 3.